The average Bonchev–Trinajstić information content (AvgIpc) is 2.27. The molecule has 102 valence electrons. The van der Waals surface area contributed by atoms with Crippen molar-refractivity contribution in [2.75, 3.05) is 19.3 Å². The van der Waals surface area contributed by atoms with Crippen LogP contribution in [0.15, 0.2) is 24.3 Å². The van der Waals surface area contributed by atoms with Crippen molar-refractivity contribution in [1.82, 2.24) is 5.32 Å². The first-order valence-electron chi connectivity index (χ1n) is 5.85. The van der Waals surface area contributed by atoms with Crippen LogP contribution in [0.3, 0.4) is 0 Å². The molecule has 1 aromatic carbocycles. The van der Waals surface area contributed by atoms with Crippen molar-refractivity contribution >= 4 is 11.8 Å². The zero-order valence-electron chi connectivity index (χ0n) is 10.6. The fourth-order valence-electron chi connectivity index (χ4n) is 1.98. The second kappa shape index (κ2) is 7.04. The number of likely N-dealkylation sites (N-methyl/N-ethyl adjacent to an activating group) is 1. The Kier molecular flexibility index (Phi) is 6.02. The van der Waals surface area contributed by atoms with Crippen molar-refractivity contribution < 1.29 is 13.2 Å². The smallest absolute Gasteiger partial charge is 0.319 e. The fourth-order valence-corrected chi connectivity index (χ4v) is 2.61. The molecule has 0 amide bonds. The molecule has 0 saturated carbocycles. The van der Waals surface area contributed by atoms with E-state index in [2.05, 4.69) is 5.32 Å². The lowest BCUT2D eigenvalue weighted by molar-refractivity contribution is -0.0328. The van der Waals surface area contributed by atoms with E-state index in [-0.39, 0.29) is 23.4 Å². The first-order chi connectivity index (χ1) is 8.44. The van der Waals surface area contributed by atoms with Crippen molar-refractivity contribution in [2.45, 2.75) is 24.8 Å². The van der Waals surface area contributed by atoms with E-state index in [0.29, 0.717) is 13.0 Å². The summed E-state index contributed by atoms with van der Waals surface area (Å²) < 4.78 is 36.4. The molecule has 1 nitrogen and oxygen atoms in total. The van der Waals surface area contributed by atoms with Crippen LogP contribution in [0.4, 0.5) is 13.2 Å². The highest BCUT2D eigenvalue weighted by Crippen LogP contribution is 2.33. The van der Waals surface area contributed by atoms with Gasteiger partial charge in [-0.1, -0.05) is 36.0 Å². The van der Waals surface area contributed by atoms with Gasteiger partial charge in [-0.15, -0.1) is 0 Å². The lowest BCUT2D eigenvalue weighted by Crippen LogP contribution is -2.19. The molecule has 1 N–H and O–H groups in total. The van der Waals surface area contributed by atoms with Gasteiger partial charge in [0.2, 0.25) is 0 Å². The van der Waals surface area contributed by atoms with Gasteiger partial charge in [0.25, 0.3) is 0 Å². The van der Waals surface area contributed by atoms with Crippen LogP contribution in [-0.4, -0.2) is 24.9 Å². The molecule has 0 radical (unpaired) electrons. The maximum absolute atomic E-state index is 12.1. The van der Waals surface area contributed by atoms with Gasteiger partial charge in [0.15, 0.2) is 0 Å². The van der Waals surface area contributed by atoms with E-state index in [1.807, 2.05) is 38.2 Å². The molecule has 0 aliphatic carbocycles. The number of hydrogen-bond acceptors (Lipinski definition) is 2. The summed E-state index contributed by atoms with van der Waals surface area (Å²) in [6.45, 7) is 2.69. The molecule has 0 saturated heterocycles. The lowest BCUT2D eigenvalue weighted by atomic mass is 9.92. The summed E-state index contributed by atoms with van der Waals surface area (Å²) in [4.78, 5) is 0. The molecule has 1 aromatic rings. The van der Waals surface area contributed by atoms with Gasteiger partial charge in [0.1, 0.15) is 0 Å². The molecular formula is C13H18F3NS. The summed E-state index contributed by atoms with van der Waals surface area (Å²) in [7, 11) is 1.82. The van der Waals surface area contributed by atoms with Gasteiger partial charge in [-0.3, -0.25) is 0 Å². The molecule has 5 heteroatoms. The topological polar surface area (TPSA) is 12.0 Å². The van der Waals surface area contributed by atoms with Gasteiger partial charge >= 0.3 is 5.51 Å². The Morgan fingerprint density at radius 3 is 2.50 bits per heavy atom. The van der Waals surface area contributed by atoms with Crippen LogP contribution in [0.1, 0.15) is 23.5 Å². The van der Waals surface area contributed by atoms with Crippen molar-refractivity contribution in [1.29, 1.82) is 0 Å². The predicted molar refractivity (Wildman–Crippen MR) is 71.0 cm³/mol. The number of alkyl halides is 3. The van der Waals surface area contributed by atoms with Crippen LogP contribution in [0, 0.1) is 6.92 Å². The quantitative estimate of drug-likeness (QED) is 0.845. The maximum atomic E-state index is 12.1. The SMILES string of the molecule is CNCC(CCSC(F)(F)F)c1ccccc1C. The lowest BCUT2D eigenvalue weighted by Gasteiger charge is -2.19. The highest BCUT2D eigenvalue weighted by molar-refractivity contribution is 8.00. The molecule has 0 aromatic heterocycles. The zero-order valence-corrected chi connectivity index (χ0v) is 11.4. The van der Waals surface area contributed by atoms with Crippen LogP contribution in [0.25, 0.3) is 0 Å². The van der Waals surface area contributed by atoms with Gasteiger partial charge in [0, 0.05) is 12.3 Å². The highest BCUT2D eigenvalue weighted by Gasteiger charge is 2.28. The van der Waals surface area contributed by atoms with Crippen molar-refractivity contribution in [3.8, 4) is 0 Å². The fraction of sp³-hybridized carbons (Fsp3) is 0.538. The molecule has 0 bridgehead atoms. The Morgan fingerprint density at radius 2 is 1.94 bits per heavy atom. The van der Waals surface area contributed by atoms with Crippen molar-refractivity contribution in [2.24, 2.45) is 0 Å². The summed E-state index contributed by atoms with van der Waals surface area (Å²) in [5, 5.41) is 3.05. The minimum atomic E-state index is -4.13. The molecular weight excluding hydrogens is 259 g/mol. The molecule has 1 rings (SSSR count). The third kappa shape index (κ3) is 5.31. The minimum Gasteiger partial charge on any atom is -0.319 e. The van der Waals surface area contributed by atoms with Crippen molar-refractivity contribution in [3.05, 3.63) is 35.4 Å². The highest BCUT2D eigenvalue weighted by atomic mass is 32.2. The Hall–Kier alpha value is -0.680. The predicted octanol–water partition coefficient (Wildman–Crippen LogP) is 3.94. The second-order valence-corrected chi connectivity index (χ2v) is 5.35. The summed E-state index contributed by atoms with van der Waals surface area (Å²) in [6.07, 6.45) is 0.524. The van der Waals surface area contributed by atoms with Crippen LogP contribution < -0.4 is 5.32 Å². The Labute approximate surface area is 110 Å². The van der Waals surface area contributed by atoms with E-state index >= 15 is 0 Å². The third-order valence-corrected chi connectivity index (χ3v) is 3.58. The minimum absolute atomic E-state index is 0.0605. The van der Waals surface area contributed by atoms with E-state index in [1.54, 1.807) is 0 Å². The van der Waals surface area contributed by atoms with Gasteiger partial charge < -0.3 is 5.32 Å². The molecule has 1 atom stereocenters. The second-order valence-electron chi connectivity index (χ2n) is 4.19. The summed E-state index contributed by atoms with van der Waals surface area (Å²) in [6, 6.07) is 7.87. The van der Waals surface area contributed by atoms with E-state index in [0.717, 1.165) is 11.1 Å². The van der Waals surface area contributed by atoms with Gasteiger partial charge in [-0.05, 0) is 37.4 Å². The Morgan fingerprint density at radius 1 is 1.28 bits per heavy atom. The van der Waals surface area contributed by atoms with Gasteiger partial charge in [-0.25, -0.2) is 0 Å². The molecule has 18 heavy (non-hydrogen) atoms. The third-order valence-electron chi connectivity index (χ3n) is 2.81. The van der Waals surface area contributed by atoms with Gasteiger partial charge in [0.05, 0.1) is 0 Å². The standard InChI is InChI=1S/C13H18F3NS/c1-10-5-3-4-6-12(10)11(9-17-2)7-8-18-13(14,15)16/h3-6,11,17H,7-9H2,1-2H3. The number of hydrogen-bond donors (Lipinski definition) is 1. The normalized spacial score (nSPS) is 13.6. The van der Waals surface area contributed by atoms with E-state index in [9.17, 15) is 13.2 Å². The molecule has 0 aliphatic rings. The monoisotopic (exact) mass is 277 g/mol. The van der Waals surface area contributed by atoms with Crippen LogP contribution in [-0.2, 0) is 0 Å². The van der Waals surface area contributed by atoms with Crippen LogP contribution in [0.2, 0.25) is 0 Å². The summed E-state index contributed by atoms with van der Waals surface area (Å²) in [5.74, 6) is 0.232. The first-order valence-corrected chi connectivity index (χ1v) is 6.83. The van der Waals surface area contributed by atoms with E-state index in [4.69, 9.17) is 0 Å². The number of rotatable bonds is 6. The average molecular weight is 277 g/mol. The number of halogens is 3. The molecule has 0 fully saturated rings. The number of benzene rings is 1. The Bertz CT molecular complexity index is 365. The molecule has 0 heterocycles. The molecule has 0 spiro atoms. The molecule has 1 unspecified atom stereocenters. The molecule has 0 aliphatic heterocycles. The van der Waals surface area contributed by atoms with E-state index < -0.39 is 5.51 Å². The zero-order chi connectivity index (χ0) is 13.6. The van der Waals surface area contributed by atoms with Gasteiger partial charge in [-0.2, -0.15) is 13.2 Å². The van der Waals surface area contributed by atoms with E-state index in [1.165, 1.54) is 0 Å². The summed E-state index contributed by atoms with van der Waals surface area (Å²) in [5.41, 5.74) is -1.86. The van der Waals surface area contributed by atoms with Crippen LogP contribution >= 0.6 is 11.8 Å². The maximum Gasteiger partial charge on any atom is 0.441 e. The summed E-state index contributed by atoms with van der Waals surface area (Å²) >= 11 is 0.0605. The van der Waals surface area contributed by atoms with Crippen molar-refractivity contribution in [3.63, 3.8) is 0 Å². The number of thioether (sulfide) groups is 1. The number of aryl methyl sites for hydroxylation is 1. The number of nitrogens with one attached hydrogen (secondary N) is 1. The largest absolute Gasteiger partial charge is 0.441 e. The Balaban J connectivity index is 2.63. The van der Waals surface area contributed by atoms with Crippen LogP contribution in [0.5, 0.6) is 0 Å². The first kappa shape index (κ1) is 15.4.